The Kier molecular flexibility index (Phi) is 7.56. The average Bonchev–Trinajstić information content (AvgIpc) is 2.71. The maximum absolute atomic E-state index is 12.0. The lowest BCUT2D eigenvalue weighted by Gasteiger charge is -2.09. The molecule has 2 amide bonds. The number of methoxy groups -OCH3 is 1. The fourth-order valence-corrected chi connectivity index (χ4v) is 2.33. The second-order valence-corrected chi connectivity index (χ2v) is 6.27. The molecule has 0 saturated heterocycles. The van der Waals surface area contributed by atoms with E-state index in [2.05, 4.69) is 10.6 Å². The Hall–Kier alpha value is -3.35. The number of carbonyl (C=O) groups is 3. The molecule has 0 aliphatic rings. The van der Waals surface area contributed by atoms with Gasteiger partial charge in [-0.1, -0.05) is 18.2 Å². The third kappa shape index (κ3) is 6.42. The van der Waals surface area contributed by atoms with Crippen LogP contribution in [-0.2, 0) is 20.9 Å². The van der Waals surface area contributed by atoms with Gasteiger partial charge < -0.3 is 20.1 Å². The fourth-order valence-electron chi connectivity index (χ4n) is 2.33. The van der Waals surface area contributed by atoms with E-state index in [4.69, 9.17) is 9.47 Å². The van der Waals surface area contributed by atoms with Gasteiger partial charge in [-0.3, -0.25) is 14.4 Å². The lowest BCUT2D eigenvalue weighted by molar-refractivity contribution is -0.147. The number of hydrogen-bond acceptors (Lipinski definition) is 5. The quantitative estimate of drug-likeness (QED) is 0.678. The van der Waals surface area contributed by atoms with Gasteiger partial charge in [-0.05, 0) is 54.8 Å². The Morgan fingerprint density at radius 2 is 1.64 bits per heavy atom. The molecule has 0 fully saturated rings. The van der Waals surface area contributed by atoms with Crippen molar-refractivity contribution in [1.82, 2.24) is 10.6 Å². The first kappa shape index (κ1) is 21.0. The van der Waals surface area contributed by atoms with E-state index in [1.54, 1.807) is 31.4 Å². The number of esters is 1. The minimum Gasteiger partial charge on any atom is -0.497 e. The molecule has 2 aromatic carbocycles. The van der Waals surface area contributed by atoms with Gasteiger partial charge in [0.1, 0.15) is 12.3 Å². The maximum Gasteiger partial charge on any atom is 0.325 e. The monoisotopic (exact) mass is 384 g/mol. The molecule has 7 heteroatoms. The highest BCUT2D eigenvalue weighted by molar-refractivity contribution is 5.96. The highest BCUT2D eigenvalue weighted by Gasteiger charge is 2.11. The lowest BCUT2D eigenvalue weighted by Crippen LogP contribution is -2.33. The summed E-state index contributed by atoms with van der Waals surface area (Å²) in [6.07, 6.45) is 0. The van der Waals surface area contributed by atoms with Gasteiger partial charge in [0, 0.05) is 12.1 Å². The number of ether oxygens (including phenoxy) is 2. The van der Waals surface area contributed by atoms with Crippen LogP contribution in [0.3, 0.4) is 0 Å². The molecule has 28 heavy (non-hydrogen) atoms. The molecule has 7 nitrogen and oxygen atoms in total. The van der Waals surface area contributed by atoms with Crippen LogP contribution in [-0.4, -0.2) is 38.0 Å². The van der Waals surface area contributed by atoms with Crippen LogP contribution < -0.4 is 15.4 Å². The number of hydrogen-bond donors (Lipinski definition) is 2. The second-order valence-electron chi connectivity index (χ2n) is 6.27. The Balaban J connectivity index is 1.68. The van der Waals surface area contributed by atoms with Crippen LogP contribution in [0.15, 0.2) is 42.5 Å². The Morgan fingerprint density at radius 3 is 2.29 bits per heavy atom. The molecule has 0 heterocycles. The van der Waals surface area contributed by atoms with Gasteiger partial charge in [-0.2, -0.15) is 0 Å². The SMILES string of the molecule is COc1ccc(CNC(=O)COC(=O)CNC(=O)c2ccc(C)c(C)c2)cc1. The summed E-state index contributed by atoms with van der Waals surface area (Å²) in [6, 6.07) is 12.5. The third-order valence-electron chi connectivity index (χ3n) is 4.18. The molecule has 2 N–H and O–H groups in total. The van der Waals surface area contributed by atoms with Crippen molar-refractivity contribution in [2.45, 2.75) is 20.4 Å². The summed E-state index contributed by atoms with van der Waals surface area (Å²) in [4.78, 5) is 35.5. The van der Waals surface area contributed by atoms with Crippen LogP contribution in [0.4, 0.5) is 0 Å². The van der Waals surface area contributed by atoms with Crippen molar-refractivity contribution in [2.75, 3.05) is 20.3 Å². The first-order chi connectivity index (χ1) is 13.4. The summed E-state index contributed by atoms with van der Waals surface area (Å²) < 4.78 is 9.94. The summed E-state index contributed by atoms with van der Waals surface area (Å²) in [5.74, 6) is -0.753. The van der Waals surface area contributed by atoms with Crippen molar-refractivity contribution in [3.63, 3.8) is 0 Å². The summed E-state index contributed by atoms with van der Waals surface area (Å²) in [5, 5.41) is 5.13. The molecule has 0 unspecified atom stereocenters. The largest absolute Gasteiger partial charge is 0.497 e. The van der Waals surface area contributed by atoms with Gasteiger partial charge in [0.2, 0.25) is 0 Å². The van der Waals surface area contributed by atoms with E-state index in [0.29, 0.717) is 12.1 Å². The summed E-state index contributed by atoms with van der Waals surface area (Å²) in [6.45, 7) is 3.45. The second kappa shape index (κ2) is 10.1. The van der Waals surface area contributed by atoms with E-state index in [9.17, 15) is 14.4 Å². The van der Waals surface area contributed by atoms with Crippen molar-refractivity contribution in [1.29, 1.82) is 0 Å². The minimum atomic E-state index is -0.684. The van der Waals surface area contributed by atoms with Crippen molar-refractivity contribution < 1.29 is 23.9 Å². The van der Waals surface area contributed by atoms with Gasteiger partial charge in [0.05, 0.1) is 7.11 Å². The molecule has 0 bridgehead atoms. The van der Waals surface area contributed by atoms with Gasteiger partial charge in [-0.25, -0.2) is 0 Å². The third-order valence-corrected chi connectivity index (χ3v) is 4.18. The number of amides is 2. The zero-order valence-electron chi connectivity index (χ0n) is 16.2. The smallest absolute Gasteiger partial charge is 0.325 e. The Bertz CT molecular complexity index is 846. The Morgan fingerprint density at radius 1 is 0.929 bits per heavy atom. The highest BCUT2D eigenvalue weighted by atomic mass is 16.5. The molecular weight excluding hydrogens is 360 g/mol. The molecule has 0 aliphatic carbocycles. The minimum absolute atomic E-state index is 0.308. The van der Waals surface area contributed by atoms with E-state index in [-0.39, 0.29) is 12.5 Å². The lowest BCUT2D eigenvalue weighted by atomic mass is 10.1. The molecule has 148 valence electrons. The van der Waals surface area contributed by atoms with E-state index in [1.807, 2.05) is 32.0 Å². The number of nitrogens with one attached hydrogen (secondary N) is 2. The molecule has 0 radical (unpaired) electrons. The predicted molar refractivity (Wildman–Crippen MR) is 104 cm³/mol. The first-order valence-electron chi connectivity index (χ1n) is 8.79. The van der Waals surface area contributed by atoms with Crippen molar-refractivity contribution in [2.24, 2.45) is 0 Å². The van der Waals surface area contributed by atoms with E-state index < -0.39 is 18.5 Å². The van der Waals surface area contributed by atoms with Crippen LogP contribution in [0.2, 0.25) is 0 Å². The molecule has 2 aromatic rings. The standard InChI is InChI=1S/C21H24N2O5/c1-14-4-7-17(10-15(14)2)21(26)23-12-20(25)28-13-19(24)22-11-16-5-8-18(27-3)9-6-16/h4-10H,11-13H2,1-3H3,(H,22,24)(H,23,26). The van der Waals surface area contributed by atoms with E-state index in [1.165, 1.54) is 0 Å². The average molecular weight is 384 g/mol. The fraction of sp³-hybridized carbons (Fsp3) is 0.286. The Labute approximate surface area is 164 Å². The highest BCUT2D eigenvalue weighted by Crippen LogP contribution is 2.11. The molecular formula is C21H24N2O5. The van der Waals surface area contributed by atoms with Crippen LogP contribution in [0, 0.1) is 13.8 Å². The topological polar surface area (TPSA) is 93.7 Å². The van der Waals surface area contributed by atoms with Gasteiger partial charge >= 0.3 is 5.97 Å². The summed E-state index contributed by atoms with van der Waals surface area (Å²) in [5.41, 5.74) is 3.43. The number of carbonyl (C=O) groups excluding carboxylic acids is 3. The number of rotatable bonds is 8. The van der Waals surface area contributed by atoms with Gasteiger partial charge in [0.25, 0.3) is 11.8 Å². The van der Waals surface area contributed by atoms with Crippen LogP contribution in [0.1, 0.15) is 27.0 Å². The molecule has 0 atom stereocenters. The van der Waals surface area contributed by atoms with E-state index in [0.717, 1.165) is 22.4 Å². The maximum atomic E-state index is 12.0. The van der Waals surface area contributed by atoms with Gasteiger partial charge in [0.15, 0.2) is 6.61 Å². The summed E-state index contributed by atoms with van der Waals surface area (Å²) in [7, 11) is 1.58. The zero-order valence-corrected chi connectivity index (χ0v) is 16.2. The zero-order chi connectivity index (χ0) is 20.5. The molecule has 2 rings (SSSR count). The first-order valence-corrected chi connectivity index (χ1v) is 8.79. The van der Waals surface area contributed by atoms with Crippen molar-refractivity contribution in [3.8, 4) is 5.75 Å². The number of benzene rings is 2. The van der Waals surface area contributed by atoms with Crippen LogP contribution in [0.25, 0.3) is 0 Å². The number of aryl methyl sites for hydroxylation is 2. The van der Waals surface area contributed by atoms with Crippen LogP contribution in [0.5, 0.6) is 5.75 Å². The molecule has 0 aliphatic heterocycles. The molecule has 0 spiro atoms. The molecule has 0 aromatic heterocycles. The van der Waals surface area contributed by atoms with Crippen molar-refractivity contribution >= 4 is 17.8 Å². The van der Waals surface area contributed by atoms with Gasteiger partial charge in [-0.15, -0.1) is 0 Å². The normalized spacial score (nSPS) is 10.1. The summed E-state index contributed by atoms with van der Waals surface area (Å²) >= 11 is 0. The molecule has 0 saturated carbocycles. The van der Waals surface area contributed by atoms with Crippen LogP contribution >= 0.6 is 0 Å². The predicted octanol–water partition coefficient (Wildman–Crippen LogP) is 1.90. The van der Waals surface area contributed by atoms with E-state index >= 15 is 0 Å². The van der Waals surface area contributed by atoms with Crippen molar-refractivity contribution in [3.05, 3.63) is 64.7 Å².